The quantitative estimate of drug-likeness (QED) is 0.520. The number of hydrogen-bond acceptors (Lipinski definition) is 6. The first-order valence-electron chi connectivity index (χ1n) is 8.67. The first-order chi connectivity index (χ1) is 13.1. The van der Waals surface area contributed by atoms with E-state index in [0.29, 0.717) is 18.4 Å². The Bertz CT molecular complexity index is 1100. The van der Waals surface area contributed by atoms with Crippen molar-refractivity contribution in [3.05, 3.63) is 64.2 Å². The van der Waals surface area contributed by atoms with Gasteiger partial charge in [-0.05, 0) is 37.5 Å². The number of benzene rings is 2. The lowest BCUT2D eigenvalue weighted by atomic mass is 10.2. The number of nitro benzene ring substituents is 1. The molecule has 1 saturated heterocycles. The molecule has 1 unspecified atom stereocenters. The van der Waals surface area contributed by atoms with Crippen molar-refractivity contribution in [3.63, 3.8) is 0 Å². The van der Waals surface area contributed by atoms with Gasteiger partial charge in [-0.25, -0.2) is 16.8 Å². The monoisotopic (exact) mass is 424 g/mol. The number of rotatable bonds is 6. The molecule has 28 heavy (non-hydrogen) atoms. The van der Waals surface area contributed by atoms with Gasteiger partial charge in [-0.2, -0.15) is 4.31 Å². The normalized spacial score (nSPS) is 18.2. The highest BCUT2D eigenvalue weighted by atomic mass is 32.2. The Morgan fingerprint density at radius 2 is 1.79 bits per heavy atom. The first-order valence-corrected chi connectivity index (χ1v) is 11.8. The Morgan fingerprint density at radius 3 is 2.43 bits per heavy atom. The van der Waals surface area contributed by atoms with Crippen LogP contribution in [0.2, 0.25) is 0 Å². The van der Waals surface area contributed by atoms with Crippen molar-refractivity contribution < 1.29 is 21.8 Å². The van der Waals surface area contributed by atoms with Crippen molar-refractivity contribution >= 4 is 25.5 Å². The van der Waals surface area contributed by atoms with E-state index < -0.39 is 30.8 Å². The van der Waals surface area contributed by atoms with Gasteiger partial charge in [0, 0.05) is 24.7 Å². The van der Waals surface area contributed by atoms with Crippen molar-refractivity contribution in [2.45, 2.75) is 35.6 Å². The Kier molecular flexibility index (Phi) is 5.55. The minimum Gasteiger partial charge on any atom is -0.258 e. The number of sulfone groups is 1. The summed E-state index contributed by atoms with van der Waals surface area (Å²) >= 11 is 0. The van der Waals surface area contributed by atoms with Crippen LogP contribution in [0.5, 0.6) is 0 Å². The summed E-state index contributed by atoms with van der Waals surface area (Å²) in [4.78, 5) is 10.4. The third-order valence-corrected chi connectivity index (χ3v) is 8.71. The van der Waals surface area contributed by atoms with E-state index in [9.17, 15) is 26.9 Å². The molecule has 0 radical (unpaired) electrons. The van der Waals surface area contributed by atoms with E-state index >= 15 is 0 Å². The molecular formula is C18H20N2O6S2. The summed E-state index contributed by atoms with van der Waals surface area (Å²) in [7, 11) is -7.73. The van der Waals surface area contributed by atoms with Crippen LogP contribution in [0.4, 0.5) is 5.69 Å². The fourth-order valence-electron chi connectivity index (χ4n) is 3.38. The lowest BCUT2D eigenvalue weighted by molar-refractivity contribution is -0.385. The molecule has 1 fully saturated rings. The van der Waals surface area contributed by atoms with Gasteiger partial charge in [0.05, 0.1) is 20.5 Å². The van der Waals surface area contributed by atoms with Gasteiger partial charge in [-0.15, -0.1) is 0 Å². The standard InChI is InChI=1S/C18H20N2O6S2/c1-14-9-10-15(20(21)22)12-18(14)28(25,26)19-11-5-6-16(19)13-27(23,24)17-7-3-2-4-8-17/h2-4,7-10,12,16H,5-6,11,13H2,1H3. The molecule has 1 heterocycles. The van der Waals surface area contributed by atoms with Gasteiger partial charge >= 0.3 is 0 Å². The molecule has 3 rings (SSSR count). The first kappa shape index (κ1) is 20.4. The third-order valence-electron chi connectivity index (χ3n) is 4.81. The average molecular weight is 425 g/mol. The zero-order valence-corrected chi connectivity index (χ0v) is 16.8. The van der Waals surface area contributed by atoms with Crippen molar-refractivity contribution in [2.75, 3.05) is 12.3 Å². The van der Waals surface area contributed by atoms with E-state index in [1.165, 1.54) is 28.6 Å². The fourth-order valence-corrected chi connectivity index (χ4v) is 7.03. The lowest BCUT2D eigenvalue weighted by Crippen LogP contribution is -2.39. The second-order valence-corrected chi connectivity index (χ2v) is 10.6. The molecule has 0 spiro atoms. The van der Waals surface area contributed by atoms with Crippen LogP contribution in [0.3, 0.4) is 0 Å². The Balaban J connectivity index is 1.94. The molecule has 0 saturated carbocycles. The summed E-state index contributed by atoms with van der Waals surface area (Å²) in [5, 5.41) is 11.0. The third kappa shape index (κ3) is 3.94. The van der Waals surface area contributed by atoms with Crippen LogP contribution in [0.1, 0.15) is 18.4 Å². The van der Waals surface area contributed by atoms with Crippen LogP contribution in [0.25, 0.3) is 0 Å². The van der Waals surface area contributed by atoms with E-state index in [0.717, 1.165) is 6.07 Å². The second kappa shape index (κ2) is 7.61. The summed E-state index contributed by atoms with van der Waals surface area (Å²) in [6, 6.07) is 10.8. The largest absolute Gasteiger partial charge is 0.270 e. The van der Waals surface area contributed by atoms with E-state index in [4.69, 9.17) is 0 Å². The van der Waals surface area contributed by atoms with Crippen LogP contribution in [-0.2, 0) is 19.9 Å². The van der Waals surface area contributed by atoms with E-state index in [2.05, 4.69) is 0 Å². The number of non-ortho nitro benzene ring substituents is 1. The van der Waals surface area contributed by atoms with E-state index in [1.54, 1.807) is 25.1 Å². The minimum absolute atomic E-state index is 0.144. The maximum absolute atomic E-state index is 13.2. The number of hydrogen-bond donors (Lipinski definition) is 0. The highest BCUT2D eigenvalue weighted by molar-refractivity contribution is 7.91. The molecule has 1 aliphatic rings. The molecule has 0 aromatic heterocycles. The number of nitro groups is 1. The second-order valence-electron chi connectivity index (χ2n) is 6.71. The van der Waals surface area contributed by atoms with Crippen LogP contribution in [0.15, 0.2) is 58.3 Å². The number of aryl methyl sites for hydroxylation is 1. The summed E-state index contributed by atoms with van der Waals surface area (Å²) < 4.78 is 52.9. The van der Waals surface area contributed by atoms with E-state index in [-0.39, 0.29) is 27.8 Å². The highest BCUT2D eigenvalue weighted by Crippen LogP contribution is 2.31. The molecule has 8 nitrogen and oxygen atoms in total. The van der Waals surface area contributed by atoms with Crippen molar-refractivity contribution in [1.82, 2.24) is 4.31 Å². The molecule has 0 bridgehead atoms. The molecule has 0 aliphatic carbocycles. The molecule has 0 amide bonds. The Hall–Kier alpha value is -2.30. The maximum Gasteiger partial charge on any atom is 0.270 e. The van der Waals surface area contributed by atoms with Gasteiger partial charge in [0.1, 0.15) is 0 Å². The predicted octanol–water partition coefficient (Wildman–Crippen LogP) is 2.53. The van der Waals surface area contributed by atoms with Crippen molar-refractivity contribution in [2.24, 2.45) is 0 Å². The molecule has 2 aromatic carbocycles. The average Bonchev–Trinajstić information content (AvgIpc) is 3.10. The zero-order valence-electron chi connectivity index (χ0n) is 15.2. The SMILES string of the molecule is Cc1ccc([N+](=O)[O-])cc1S(=O)(=O)N1CCCC1CS(=O)(=O)c1ccccc1. The molecule has 1 atom stereocenters. The molecule has 150 valence electrons. The highest BCUT2D eigenvalue weighted by Gasteiger charge is 2.39. The van der Waals surface area contributed by atoms with Gasteiger partial charge in [-0.1, -0.05) is 24.3 Å². The van der Waals surface area contributed by atoms with Crippen molar-refractivity contribution in [3.8, 4) is 0 Å². The van der Waals surface area contributed by atoms with E-state index in [1.807, 2.05) is 0 Å². The summed E-state index contributed by atoms with van der Waals surface area (Å²) in [6.45, 7) is 1.74. The van der Waals surface area contributed by atoms with Crippen molar-refractivity contribution in [1.29, 1.82) is 0 Å². The van der Waals surface area contributed by atoms with Gasteiger partial charge in [0.15, 0.2) is 9.84 Å². The fraction of sp³-hybridized carbons (Fsp3) is 0.333. The predicted molar refractivity (Wildman–Crippen MR) is 103 cm³/mol. The van der Waals surface area contributed by atoms with Crippen LogP contribution < -0.4 is 0 Å². The minimum atomic E-state index is -4.06. The smallest absolute Gasteiger partial charge is 0.258 e. The topological polar surface area (TPSA) is 115 Å². The molecule has 1 aliphatic heterocycles. The van der Waals surface area contributed by atoms with Gasteiger partial charge < -0.3 is 0 Å². The summed E-state index contributed by atoms with van der Waals surface area (Å²) in [5.74, 6) is -0.329. The van der Waals surface area contributed by atoms with Gasteiger partial charge in [0.2, 0.25) is 10.0 Å². The van der Waals surface area contributed by atoms with Crippen LogP contribution in [0, 0.1) is 17.0 Å². The Morgan fingerprint density at radius 1 is 1.11 bits per heavy atom. The molecule has 10 heteroatoms. The molecule has 0 N–H and O–H groups in total. The lowest BCUT2D eigenvalue weighted by Gasteiger charge is -2.24. The number of nitrogens with zero attached hydrogens (tertiary/aromatic N) is 2. The molecular weight excluding hydrogens is 404 g/mol. The zero-order chi connectivity index (χ0) is 20.5. The summed E-state index contributed by atoms with van der Waals surface area (Å²) in [5.41, 5.74) is 0.0546. The van der Waals surface area contributed by atoms with Gasteiger partial charge in [-0.3, -0.25) is 10.1 Å². The molecule has 2 aromatic rings. The van der Waals surface area contributed by atoms with Crippen LogP contribution in [-0.4, -0.2) is 44.4 Å². The maximum atomic E-state index is 13.2. The Labute approximate surface area is 163 Å². The van der Waals surface area contributed by atoms with Gasteiger partial charge in [0.25, 0.3) is 5.69 Å². The number of sulfonamides is 1. The van der Waals surface area contributed by atoms with Crippen LogP contribution >= 0.6 is 0 Å². The summed E-state index contributed by atoms with van der Waals surface area (Å²) in [6.07, 6.45) is 0.946.